The highest BCUT2D eigenvalue weighted by atomic mass is 16.5. The van der Waals surface area contributed by atoms with Crippen LogP contribution in [0.3, 0.4) is 0 Å². The molecule has 2 aliphatic carbocycles. The monoisotopic (exact) mass is 448 g/mol. The van der Waals surface area contributed by atoms with E-state index in [0.717, 1.165) is 22.3 Å². The lowest BCUT2D eigenvalue weighted by molar-refractivity contribution is -0.144. The van der Waals surface area contributed by atoms with Gasteiger partial charge in [-0.2, -0.15) is 0 Å². The van der Waals surface area contributed by atoms with Gasteiger partial charge in [-0.05, 0) is 40.5 Å². The van der Waals surface area contributed by atoms with Crippen LogP contribution in [-0.4, -0.2) is 53.7 Å². The minimum Gasteiger partial charge on any atom is -0.481 e. The molecule has 1 heterocycles. The Morgan fingerprint density at radius 1 is 1.09 bits per heavy atom. The van der Waals surface area contributed by atoms with Crippen molar-refractivity contribution in [3.63, 3.8) is 0 Å². The van der Waals surface area contributed by atoms with Crippen LogP contribution >= 0.6 is 0 Å². The second-order valence-electron chi connectivity index (χ2n) is 9.77. The van der Waals surface area contributed by atoms with Crippen molar-refractivity contribution in [2.75, 3.05) is 19.7 Å². The Balaban J connectivity index is 1.24. The standard InChI is InChI=1S/C26H28N2O5/c1-15(2)22(23(29)28-12-16-11-26(16,14-28)24(30)31)27-25(32)33-13-21-19-9-5-3-7-17(19)18-8-4-6-10-20(18)21/h3-10,15-16,21-22H,11-14H2,1-2H3,(H,27,32)(H,30,31). The summed E-state index contributed by atoms with van der Waals surface area (Å²) in [4.78, 5) is 39.0. The first-order valence-electron chi connectivity index (χ1n) is 11.5. The number of hydrogen-bond acceptors (Lipinski definition) is 4. The second kappa shape index (κ2) is 7.90. The number of hydrogen-bond donors (Lipinski definition) is 2. The summed E-state index contributed by atoms with van der Waals surface area (Å²) in [7, 11) is 0. The molecule has 2 N–H and O–H groups in total. The number of carboxylic acid groups (broad SMARTS) is 1. The van der Waals surface area contributed by atoms with Gasteiger partial charge in [0.1, 0.15) is 12.6 Å². The first kappa shape index (κ1) is 21.5. The highest BCUT2D eigenvalue weighted by Crippen LogP contribution is 2.58. The minimum absolute atomic E-state index is 0.0150. The Hall–Kier alpha value is -3.35. The van der Waals surface area contributed by atoms with Crippen LogP contribution < -0.4 is 5.32 Å². The summed E-state index contributed by atoms with van der Waals surface area (Å²) in [5.74, 6) is -1.28. The fourth-order valence-corrected chi connectivity index (χ4v) is 5.46. The first-order valence-corrected chi connectivity index (χ1v) is 11.5. The van der Waals surface area contributed by atoms with Crippen LogP contribution in [-0.2, 0) is 14.3 Å². The number of amides is 2. The summed E-state index contributed by atoms with van der Waals surface area (Å²) in [5.41, 5.74) is 3.76. The molecule has 5 rings (SSSR count). The predicted octanol–water partition coefficient (Wildman–Crippen LogP) is 3.48. The Morgan fingerprint density at radius 3 is 2.24 bits per heavy atom. The van der Waals surface area contributed by atoms with E-state index in [-0.39, 0.29) is 36.8 Å². The molecule has 2 aromatic rings. The van der Waals surface area contributed by atoms with E-state index in [1.54, 1.807) is 4.90 Å². The molecule has 3 atom stereocenters. The van der Waals surface area contributed by atoms with Crippen LogP contribution in [0.1, 0.15) is 37.3 Å². The molecule has 33 heavy (non-hydrogen) atoms. The number of aliphatic carboxylic acids is 1. The normalized spacial score (nSPS) is 23.5. The number of nitrogens with one attached hydrogen (secondary N) is 1. The number of ether oxygens (including phenoxy) is 1. The molecule has 1 aliphatic heterocycles. The molecule has 1 saturated carbocycles. The van der Waals surface area contributed by atoms with Crippen molar-refractivity contribution < 1.29 is 24.2 Å². The number of rotatable bonds is 6. The van der Waals surface area contributed by atoms with Crippen LogP contribution in [0.25, 0.3) is 11.1 Å². The van der Waals surface area contributed by atoms with E-state index in [1.807, 2.05) is 38.1 Å². The number of piperidine rings is 1. The molecular formula is C26H28N2O5. The predicted molar refractivity (Wildman–Crippen MR) is 122 cm³/mol. The molecule has 3 unspecified atom stereocenters. The zero-order valence-electron chi connectivity index (χ0n) is 18.8. The number of fused-ring (bicyclic) bond motifs is 4. The lowest BCUT2D eigenvalue weighted by Gasteiger charge is -2.28. The van der Waals surface area contributed by atoms with Crippen molar-refractivity contribution in [1.82, 2.24) is 10.2 Å². The van der Waals surface area contributed by atoms with Crippen molar-refractivity contribution in [1.29, 1.82) is 0 Å². The summed E-state index contributed by atoms with van der Waals surface area (Å²) in [6.07, 6.45) is -0.0145. The largest absolute Gasteiger partial charge is 0.481 e. The Labute approximate surface area is 192 Å². The zero-order valence-corrected chi connectivity index (χ0v) is 18.8. The highest BCUT2D eigenvalue weighted by molar-refractivity contribution is 5.88. The average molecular weight is 449 g/mol. The number of benzene rings is 2. The Morgan fingerprint density at radius 2 is 1.70 bits per heavy atom. The molecule has 3 aliphatic rings. The summed E-state index contributed by atoms with van der Waals surface area (Å²) in [6, 6.07) is 15.5. The first-order chi connectivity index (χ1) is 15.8. The van der Waals surface area contributed by atoms with E-state index < -0.39 is 23.5 Å². The number of carboxylic acids is 1. The molecule has 0 radical (unpaired) electrons. The van der Waals surface area contributed by atoms with Crippen molar-refractivity contribution in [3.05, 3.63) is 59.7 Å². The smallest absolute Gasteiger partial charge is 0.407 e. The maximum absolute atomic E-state index is 13.1. The summed E-state index contributed by atoms with van der Waals surface area (Å²) in [5, 5.41) is 12.2. The van der Waals surface area contributed by atoms with Gasteiger partial charge < -0.3 is 20.1 Å². The van der Waals surface area contributed by atoms with Gasteiger partial charge in [-0.3, -0.25) is 9.59 Å². The van der Waals surface area contributed by atoms with Gasteiger partial charge in [0.25, 0.3) is 0 Å². The van der Waals surface area contributed by atoms with E-state index in [0.29, 0.717) is 13.0 Å². The van der Waals surface area contributed by atoms with Crippen LogP contribution in [0, 0.1) is 17.3 Å². The molecule has 172 valence electrons. The van der Waals surface area contributed by atoms with E-state index >= 15 is 0 Å². The van der Waals surface area contributed by atoms with Gasteiger partial charge in [0.05, 0.1) is 5.41 Å². The Bertz CT molecular complexity index is 1080. The maximum atomic E-state index is 13.1. The topological polar surface area (TPSA) is 95.9 Å². The molecule has 7 heteroatoms. The quantitative estimate of drug-likeness (QED) is 0.705. The lowest BCUT2D eigenvalue weighted by atomic mass is 9.98. The van der Waals surface area contributed by atoms with Crippen molar-refractivity contribution >= 4 is 18.0 Å². The number of nitrogens with zero attached hydrogens (tertiary/aromatic N) is 1. The average Bonchev–Trinajstić information content (AvgIpc) is 3.23. The number of alkyl carbamates (subject to hydrolysis) is 1. The van der Waals surface area contributed by atoms with Crippen molar-refractivity contribution in [2.45, 2.75) is 32.2 Å². The number of likely N-dealkylation sites (tertiary alicyclic amines) is 1. The molecular weight excluding hydrogens is 420 g/mol. The molecule has 2 fully saturated rings. The van der Waals surface area contributed by atoms with Gasteiger partial charge in [0.15, 0.2) is 0 Å². The molecule has 2 amide bonds. The molecule has 2 aromatic carbocycles. The highest BCUT2D eigenvalue weighted by Gasteiger charge is 2.66. The van der Waals surface area contributed by atoms with Gasteiger partial charge in [-0.1, -0.05) is 62.4 Å². The third-order valence-corrected chi connectivity index (χ3v) is 7.43. The van der Waals surface area contributed by atoms with Crippen LogP contribution in [0.5, 0.6) is 0 Å². The molecule has 7 nitrogen and oxygen atoms in total. The lowest BCUT2D eigenvalue weighted by Crippen LogP contribution is -2.51. The van der Waals surface area contributed by atoms with Crippen molar-refractivity contribution in [3.8, 4) is 11.1 Å². The SMILES string of the molecule is CC(C)C(NC(=O)OCC1c2ccccc2-c2ccccc21)C(=O)N1CC2CC2(C(=O)O)C1. The molecule has 0 bridgehead atoms. The minimum atomic E-state index is -0.839. The molecule has 0 aromatic heterocycles. The van der Waals surface area contributed by atoms with Gasteiger partial charge in [-0.15, -0.1) is 0 Å². The van der Waals surface area contributed by atoms with Crippen LogP contribution in [0.15, 0.2) is 48.5 Å². The van der Waals surface area contributed by atoms with Crippen LogP contribution in [0.4, 0.5) is 4.79 Å². The van der Waals surface area contributed by atoms with E-state index in [1.165, 1.54) is 0 Å². The maximum Gasteiger partial charge on any atom is 0.407 e. The van der Waals surface area contributed by atoms with Crippen LogP contribution in [0.2, 0.25) is 0 Å². The third kappa shape index (κ3) is 3.56. The zero-order chi connectivity index (χ0) is 23.3. The van der Waals surface area contributed by atoms with Crippen molar-refractivity contribution in [2.24, 2.45) is 17.3 Å². The summed E-state index contributed by atoms with van der Waals surface area (Å²) >= 11 is 0. The number of carbonyl (C=O) groups excluding carboxylic acids is 2. The number of carbonyl (C=O) groups is 3. The van der Waals surface area contributed by atoms with Gasteiger partial charge in [0, 0.05) is 19.0 Å². The van der Waals surface area contributed by atoms with E-state index in [4.69, 9.17) is 4.74 Å². The molecule has 0 spiro atoms. The van der Waals surface area contributed by atoms with Gasteiger partial charge >= 0.3 is 12.1 Å². The summed E-state index contributed by atoms with van der Waals surface area (Å²) < 4.78 is 5.61. The Kier molecular flexibility index (Phi) is 5.15. The fraction of sp³-hybridized carbons (Fsp3) is 0.423. The van der Waals surface area contributed by atoms with Gasteiger partial charge in [0.2, 0.25) is 5.91 Å². The van der Waals surface area contributed by atoms with Gasteiger partial charge in [-0.25, -0.2) is 4.79 Å². The fourth-order valence-electron chi connectivity index (χ4n) is 5.46. The third-order valence-electron chi connectivity index (χ3n) is 7.43. The van der Waals surface area contributed by atoms with E-state index in [2.05, 4.69) is 29.6 Å². The summed E-state index contributed by atoms with van der Waals surface area (Å²) in [6.45, 7) is 4.53. The molecule has 1 saturated heterocycles. The second-order valence-corrected chi connectivity index (χ2v) is 9.77. The van der Waals surface area contributed by atoms with E-state index in [9.17, 15) is 19.5 Å².